The van der Waals surface area contributed by atoms with E-state index >= 15 is 0 Å². The van der Waals surface area contributed by atoms with Crippen LogP contribution in [0.5, 0.6) is 23.0 Å². The molecule has 2 aromatic rings. The first-order chi connectivity index (χ1) is 12.0. The standard InChI is InChI=1S/C18H17NO6/c1-10(20)11-7-15-16(25-9-24-15)8-12(11)19-18(21)17-13(22-2)5-4-6-14(17)23-3/h4-8H,9H2,1-3H3,(H,19,21). The highest BCUT2D eigenvalue weighted by Gasteiger charge is 2.23. The van der Waals surface area contributed by atoms with Crippen molar-refractivity contribution in [3.8, 4) is 23.0 Å². The summed E-state index contributed by atoms with van der Waals surface area (Å²) in [7, 11) is 2.93. The summed E-state index contributed by atoms with van der Waals surface area (Å²) < 4.78 is 21.1. The zero-order chi connectivity index (χ0) is 18.0. The zero-order valence-corrected chi connectivity index (χ0v) is 14.0. The van der Waals surface area contributed by atoms with Crippen LogP contribution in [-0.4, -0.2) is 32.7 Å². The predicted molar refractivity (Wildman–Crippen MR) is 90.1 cm³/mol. The van der Waals surface area contributed by atoms with Crippen molar-refractivity contribution in [2.75, 3.05) is 26.3 Å². The van der Waals surface area contributed by atoms with Gasteiger partial charge >= 0.3 is 0 Å². The Morgan fingerprint density at radius 1 is 1.04 bits per heavy atom. The molecule has 0 unspecified atom stereocenters. The molecular formula is C18H17NO6. The summed E-state index contributed by atoms with van der Waals surface area (Å²) in [5, 5.41) is 2.73. The van der Waals surface area contributed by atoms with Gasteiger partial charge in [0, 0.05) is 11.6 Å². The van der Waals surface area contributed by atoms with Crippen molar-refractivity contribution in [2.24, 2.45) is 0 Å². The number of ketones is 1. The van der Waals surface area contributed by atoms with Crippen LogP contribution in [0.2, 0.25) is 0 Å². The Kier molecular flexibility index (Phi) is 4.47. The van der Waals surface area contributed by atoms with Crippen molar-refractivity contribution < 1.29 is 28.5 Å². The number of rotatable bonds is 5. The second-order valence-electron chi connectivity index (χ2n) is 5.30. The van der Waals surface area contributed by atoms with E-state index in [4.69, 9.17) is 18.9 Å². The van der Waals surface area contributed by atoms with Crippen molar-refractivity contribution >= 4 is 17.4 Å². The van der Waals surface area contributed by atoms with Crippen LogP contribution < -0.4 is 24.3 Å². The summed E-state index contributed by atoms with van der Waals surface area (Å²) in [6, 6.07) is 8.15. The lowest BCUT2D eigenvalue weighted by Crippen LogP contribution is -2.16. The van der Waals surface area contributed by atoms with Gasteiger partial charge in [-0.1, -0.05) is 6.07 Å². The van der Waals surface area contributed by atoms with Crippen LogP contribution in [0.25, 0.3) is 0 Å². The molecule has 0 saturated heterocycles. The minimum absolute atomic E-state index is 0.0738. The van der Waals surface area contributed by atoms with Crippen molar-refractivity contribution in [3.05, 3.63) is 41.5 Å². The smallest absolute Gasteiger partial charge is 0.263 e. The van der Waals surface area contributed by atoms with Gasteiger partial charge in [0.25, 0.3) is 5.91 Å². The summed E-state index contributed by atoms with van der Waals surface area (Å²) in [6.07, 6.45) is 0. The lowest BCUT2D eigenvalue weighted by atomic mass is 10.1. The summed E-state index contributed by atoms with van der Waals surface area (Å²) in [5.74, 6) is 0.991. The molecule has 7 heteroatoms. The van der Waals surface area contributed by atoms with Gasteiger partial charge < -0.3 is 24.3 Å². The van der Waals surface area contributed by atoms with E-state index in [1.165, 1.54) is 21.1 Å². The molecule has 3 rings (SSSR count). The zero-order valence-electron chi connectivity index (χ0n) is 14.0. The number of carbonyl (C=O) groups is 2. The molecule has 0 bridgehead atoms. The van der Waals surface area contributed by atoms with Crippen LogP contribution in [0.15, 0.2) is 30.3 Å². The number of methoxy groups -OCH3 is 2. The molecular weight excluding hydrogens is 326 g/mol. The molecule has 2 aromatic carbocycles. The number of carbonyl (C=O) groups excluding carboxylic acids is 2. The van der Waals surface area contributed by atoms with Crippen molar-refractivity contribution in [3.63, 3.8) is 0 Å². The van der Waals surface area contributed by atoms with Crippen molar-refractivity contribution in [2.45, 2.75) is 6.92 Å². The van der Waals surface area contributed by atoms with Crippen LogP contribution in [0, 0.1) is 0 Å². The van der Waals surface area contributed by atoms with Crippen LogP contribution in [0.3, 0.4) is 0 Å². The number of nitrogens with one attached hydrogen (secondary N) is 1. The van der Waals surface area contributed by atoms with Gasteiger partial charge in [-0.25, -0.2) is 0 Å². The highest BCUT2D eigenvalue weighted by Crippen LogP contribution is 2.38. The summed E-state index contributed by atoms with van der Waals surface area (Å²) >= 11 is 0. The van der Waals surface area contributed by atoms with E-state index in [-0.39, 0.29) is 18.1 Å². The quantitative estimate of drug-likeness (QED) is 0.841. The van der Waals surface area contributed by atoms with Crippen LogP contribution in [0.1, 0.15) is 27.6 Å². The van der Waals surface area contributed by atoms with Gasteiger partial charge in [-0.3, -0.25) is 9.59 Å². The van der Waals surface area contributed by atoms with Gasteiger partial charge in [0.15, 0.2) is 17.3 Å². The number of fused-ring (bicyclic) bond motifs is 1. The second-order valence-corrected chi connectivity index (χ2v) is 5.30. The average molecular weight is 343 g/mol. The third-order valence-corrected chi connectivity index (χ3v) is 3.80. The molecule has 1 aliphatic rings. The Balaban J connectivity index is 2.01. The molecule has 1 amide bonds. The average Bonchev–Trinajstić information content (AvgIpc) is 3.07. The molecule has 130 valence electrons. The van der Waals surface area contributed by atoms with E-state index in [1.54, 1.807) is 30.3 Å². The Morgan fingerprint density at radius 2 is 1.64 bits per heavy atom. The van der Waals surface area contributed by atoms with E-state index in [2.05, 4.69) is 5.32 Å². The fourth-order valence-electron chi connectivity index (χ4n) is 2.60. The van der Waals surface area contributed by atoms with Crippen LogP contribution in [0.4, 0.5) is 5.69 Å². The maximum atomic E-state index is 12.8. The topological polar surface area (TPSA) is 83.1 Å². The Hall–Kier alpha value is -3.22. The number of ether oxygens (including phenoxy) is 4. The Morgan fingerprint density at radius 3 is 2.20 bits per heavy atom. The van der Waals surface area contributed by atoms with Gasteiger partial charge in [-0.15, -0.1) is 0 Å². The number of Topliss-reactive ketones (excluding diaryl/α,β-unsaturated/α-hetero) is 1. The fourth-order valence-corrected chi connectivity index (χ4v) is 2.60. The minimum Gasteiger partial charge on any atom is -0.496 e. The number of amides is 1. The molecule has 0 aromatic heterocycles. The monoisotopic (exact) mass is 343 g/mol. The summed E-state index contributed by atoms with van der Waals surface area (Å²) in [6.45, 7) is 1.49. The van der Waals surface area contributed by atoms with Gasteiger partial charge in [0.05, 0.1) is 19.9 Å². The largest absolute Gasteiger partial charge is 0.496 e. The molecule has 0 fully saturated rings. The van der Waals surface area contributed by atoms with Crippen LogP contribution in [-0.2, 0) is 0 Å². The Labute approximate surface area is 144 Å². The lowest BCUT2D eigenvalue weighted by molar-refractivity contribution is 0.101. The normalized spacial score (nSPS) is 11.8. The van der Waals surface area contributed by atoms with Crippen molar-refractivity contribution in [1.29, 1.82) is 0 Å². The first-order valence-corrected chi connectivity index (χ1v) is 7.52. The van der Waals surface area contributed by atoms with E-state index in [1.807, 2.05) is 0 Å². The highest BCUT2D eigenvalue weighted by molar-refractivity contribution is 6.11. The number of hydrogen-bond acceptors (Lipinski definition) is 6. The molecule has 0 saturated carbocycles. The molecule has 1 N–H and O–H groups in total. The van der Waals surface area contributed by atoms with Crippen molar-refractivity contribution in [1.82, 2.24) is 0 Å². The lowest BCUT2D eigenvalue weighted by Gasteiger charge is -2.14. The Bertz CT molecular complexity index is 823. The van der Waals surface area contributed by atoms with Gasteiger partial charge in [-0.05, 0) is 25.1 Å². The number of hydrogen-bond donors (Lipinski definition) is 1. The van der Waals surface area contributed by atoms with Gasteiger partial charge in [-0.2, -0.15) is 0 Å². The van der Waals surface area contributed by atoms with Crippen LogP contribution >= 0.6 is 0 Å². The first kappa shape index (κ1) is 16.6. The summed E-state index contributed by atoms with van der Waals surface area (Å²) in [4.78, 5) is 24.7. The summed E-state index contributed by atoms with van der Waals surface area (Å²) in [5.41, 5.74) is 0.890. The van der Waals surface area contributed by atoms with E-state index in [0.717, 1.165) is 0 Å². The minimum atomic E-state index is -0.462. The number of anilines is 1. The van der Waals surface area contributed by atoms with Gasteiger partial charge in [0.1, 0.15) is 17.1 Å². The fraction of sp³-hybridized carbons (Fsp3) is 0.222. The first-order valence-electron chi connectivity index (χ1n) is 7.52. The highest BCUT2D eigenvalue weighted by atomic mass is 16.7. The number of benzene rings is 2. The van der Waals surface area contributed by atoms with E-state index in [0.29, 0.717) is 34.2 Å². The molecule has 1 heterocycles. The molecule has 0 atom stereocenters. The second kappa shape index (κ2) is 6.72. The molecule has 1 aliphatic heterocycles. The molecule has 0 spiro atoms. The SMILES string of the molecule is COc1cccc(OC)c1C(=O)Nc1cc2c(cc1C(C)=O)OCO2. The maximum Gasteiger partial charge on any atom is 0.263 e. The third kappa shape index (κ3) is 3.08. The predicted octanol–water partition coefficient (Wildman–Crippen LogP) is 2.89. The van der Waals surface area contributed by atoms with Gasteiger partial charge in [0.2, 0.25) is 6.79 Å². The maximum absolute atomic E-state index is 12.8. The van der Waals surface area contributed by atoms with E-state index < -0.39 is 5.91 Å². The molecule has 0 aliphatic carbocycles. The molecule has 0 radical (unpaired) electrons. The molecule has 7 nitrogen and oxygen atoms in total. The van der Waals surface area contributed by atoms with E-state index in [9.17, 15) is 9.59 Å². The third-order valence-electron chi connectivity index (χ3n) is 3.80. The molecule has 25 heavy (non-hydrogen) atoms.